The predicted octanol–water partition coefficient (Wildman–Crippen LogP) is 1.51. The maximum Gasteiger partial charge on any atom is 0.243 e. The second-order valence-corrected chi connectivity index (χ2v) is 9.79. The molecular weight excluding hydrogens is 396 g/mol. The first-order valence-electron chi connectivity index (χ1n) is 8.24. The lowest BCUT2D eigenvalue weighted by atomic mass is 10.3. The molecule has 1 aliphatic rings. The molecule has 0 amide bonds. The number of sulfonamides is 1. The highest BCUT2D eigenvalue weighted by Crippen LogP contribution is 2.30. The third-order valence-corrected chi connectivity index (χ3v) is 7.60. The Labute approximate surface area is 162 Å². The van der Waals surface area contributed by atoms with E-state index in [1.807, 2.05) is 12.1 Å². The maximum atomic E-state index is 12.9. The lowest BCUT2D eigenvalue weighted by Gasteiger charge is -2.31. The summed E-state index contributed by atoms with van der Waals surface area (Å²) >= 11 is 7.56. The van der Waals surface area contributed by atoms with Crippen molar-refractivity contribution in [2.75, 3.05) is 40.4 Å². The van der Waals surface area contributed by atoms with Crippen LogP contribution in [0.1, 0.15) is 4.88 Å². The van der Waals surface area contributed by atoms with Crippen molar-refractivity contribution in [1.82, 2.24) is 4.31 Å². The van der Waals surface area contributed by atoms with Crippen LogP contribution in [0.25, 0.3) is 0 Å². The molecule has 3 rings (SSSR count). The van der Waals surface area contributed by atoms with E-state index in [-0.39, 0.29) is 4.90 Å². The van der Waals surface area contributed by atoms with Gasteiger partial charge in [-0.05, 0) is 24.3 Å². The number of methoxy groups -OCH3 is 2. The SMILES string of the molecule is COc1ccc(S(=O)(=O)N2CC[NH+](Cc3ccc(Cl)s3)CC2)cc1OC. The molecule has 1 aromatic carbocycles. The third-order valence-electron chi connectivity index (χ3n) is 4.48. The summed E-state index contributed by atoms with van der Waals surface area (Å²) in [6, 6.07) is 8.63. The predicted molar refractivity (Wildman–Crippen MR) is 102 cm³/mol. The molecule has 0 bridgehead atoms. The van der Waals surface area contributed by atoms with Gasteiger partial charge in [-0.2, -0.15) is 4.31 Å². The summed E-state index contributed by atoms with van der Waals surface area (Å²) in [5, 5.41) is 0. The van der Waals surface area contributed by atoms with Gasteiger partial charge in [0.2, 0.25) is 10.0 Å². The normalized spacial score (nSPS) is 16.6. The summed E-state index contributed by atoms with van der Waals surface area (Å²) in [6.45, 7) is 3.39. The molecule has 9 heteroatoms. The number of rotatable bonds is 6. The van der Waals surface area contributed by atoms with Crippen LogP contribution < -0.4 is 14.4 Å². The van der Waals surface area contributed by atoms with Crippen molar-refractivity contribution in [3.63, 3.8) is 0 Å². The summed E-state index contributed by atoms with van der Waals surface area (Å²) in [5.74, 6) is 0.919. The molecule has 1 saturated heterocycles. The number of benzene rings is 1. The van der Waals surface area contributed by atoms with Gasteiger partial charge in [0, 0.05) is 6.07 Å². The van der Waals surface area contributed by atoms with Crippen LogP contribution in [0.2, 0.25) is 4.34 Å². The highest BCUT2D eigenvalue weighted by atomic mass is 35.5. The molecule has 6 nitrogen and oxygen atoms in total. The Balaban J connectivity index is 1.68. The van der Waals surface area contributed by atoms with Crippen LogP contribution in [0.3, 0.4) is 0 Å². The van der Waals surface area contributed by atoms with E-state index in [1.165, 1.54) is 30.1 Å². The Hall–Kier alpha value is -1.32. The second-order valence-electron chi connectivity index (χ2n) is 6.05. The minimum Gasteiger partial charge on any atom is -0.493 e. The van der Waals surface area contributed by atoms with E-state index in [9.17, 15) is 8.42 Å². The number of piperazine rings is 1. The summed E-state index contributed by atoms with van der Waals surface area (Å²) in [4.78, 5) is 2.81. The molecule has 0 radical (unpaired) electrons. The minimum atomic E-state index is -3.55. The number of thiophene rings is 1. The van der Waals surface area contributed by atoms with Crippen molar-refractivity contribution in [2.45, 2.75) is 11.4 Å². The van der Waals surface area contributed by atoms with Gasteiger partial charge in [-0.15, -0.1) is 11.3 Å². The van der Waals surface area contributed by atoms with Gasteiger partial charge >= 0.3 is 0 Å². The molecule has 142 valence electrons. The molecule has 0 atom stereocenters. The fourth-order valence-corrected chi connectivity index (χ4v) is 5.66. The molecular formula is C17H22ClN2O4S2+. The van der Waals surface area contributed by atoms with Gasteiger partial charge < -0.3 is 14.4 Å². The van der Waals surface area contributed by atoms with E-state index < -0.39 is 10.0 Å². The highest BCUT2D eigenvalue weighted by molar-refractivity contribution is 7.89. The number of nitrogens with zero attached hydrogens (tertiary/aromatic N) is 1. The van der Waals surface area contributed by atoms with Crippen LogP contribution in [0.4, 0.5) is 0 Å². The highest BCUT2D eigenvalue weighted by Gasteiger charge is 2.31. The van der Waals surface area contributed by atoms with E-state index >= 15 is 0 Å². The molecule has 26 heavy (non-hydrogen) atoms. The van der Waals surface area contributed by atoms with E-state index in [0.29, 0.717) is 24.6 Å². The van der Waals surface area contributed by atoms with E-state index in [4.69, 9.17) is 21.1 Å². The third kappa shape index (κ3) is 4.15. The Kier molecular flexibility index (Phi) is 6.09. The summed E-state index contributed by atoms with van der Waals surface area (Å²) < 4.78 is 38.6. The van der Waals surface area contributed by atoms with Gasteiger partial charge in [0.05, 0.1) is 54.5 Å². The quantitative estimate of drug-likeness (QED) is 0.774. The van der Waals surface area contributed by atoms with Crippen LogP contribution in [-0.2, 0) is 16.6 Å². The van der Waals surface area contributed by atoms with E-state index in [2.05, 4.69) is 0 Å². The first kappa shape index (κ1) is 19.4. The molecule has 2 aromatic rings. The largest absolute Gasteiger partial charge is 0.493 e. The van der Waals surface area contributed by atoms with Crippen molar-refractivity contribution < 1.29 is 22.8 Å². The smallest absolute Gasteiger partial charge is 0.243 e. The Morgan fingerprint density at radius 3 is 2.38 bits per heavy atom. The summed E-state index contributed by atoms with van der Waals surface area (Å²) in [7, 11) is -0.530. The minimum absolute atomic E-state index is 0.226. The van der Waals surface area contributed by atoms with Crippen LogP contribution >= 0.6 is 22.9 Å². The van der Waals surface area contributed by atoms with Gasteiger partial charge in [-0.25, -0.2) is 8.42 Å². The second kappa shape index (κ2) is 8.14. The molecule has 1 N–H and O–H groups in total. The van der Waals surface area contributed by atoms with E-state index in [0.717, 1.165) is 24.0 Å². The molecule has 1 aliphatic heterocycles. The van der Waals surface area contributed by atoms with Crippen molar-refractivity contribution in [1.29, 1.82) is 0 Å². The summed E-state index contributed by atoms with van der Waals surface area (Å²) in [6.07, 6.45) is 0. The van der Waals surface area contributed by atoms with Gasteiger partial charge in [0.25, 0.3) is 0 Å². The topological polar surface area (TPSA) is 60.3 Å². The molecule has 2 heterocycles. The Bertz CT molecular complexity index is 861. The number of ether oxygens (including phenoxy) is 2. The van der Waals surface area contributed by atoms with Crippen LogP contribution in [0.5, 0.6) is 11.5 Å². The van der Waals surface area contributed by atoms with Gasteiger partial charge in [-0.1, -0.05) is 11.6 Å². The molecule has 1 aromatic heterocycles. The number of nitrogens with one attached hydrogen (secondary N) is 1. The molecule has 0 saturated carbocycles. The standard InChI is InChI=1S/C17H21ClN2O4S2/c1-23-15-5-4-14(11-16(15)24-2)26(21,22)20-9-7-19(8-10-20)12-13-3-6-17(18)25-13/h3-6,11H,7-10,12H2,1-2H3/p+1. The van der Waals surface area contributed by atoms with Crippen molar-refractivity contribution in [3.05, 3.63) is 39.5 Å². The summed E-state index contributed by atoms with van der Waals surface area (Å²) in [5.41, 5.74) is 0. The number of quaternary nitrogens is 1. The first-order chi connectivity index (χ1) is 12.4. The van der Waals surface area contributed by atoms with Gasteiger partial charge in [-0.3, -0.25) is 0 Å². The first-order valence-corrected chi connectivity index (χ1v) is 10.9. The molecule has 1 fully saturated rings. The lowest BCUT2D eigenvalue weighted by Crippen LogP contribution is -3.13. The maximum absolute atomic E-state index is 12.9. The monoisotopic (exact) mass is 417 g/mol. The zero-order valence-corrected chi connectivity index (χ0v) is 17.1. The zero-order valence-electron chi connectivity index (χ0n) is 14.7. The molecule has 0 unspecified atom stereocenters. The van der Waals surface area contributed by atoms with Crippen molar-refractivity contribution in [2.24, 2.45) is 0 Å². The fraction of sp³-hybridized carbons (Fsp3) is 0.412. The van der Waals surface area contributed by atoms with Gasteiger partial charge in [0.15, 0.2) is 11.5 Å². The van der Waals surface area contributed by atoms with Crippen molar-refractivity contribution in [3.8, 4) is 11.5 Å². The van der Waals surface area contributed by atoms with Crippen LogP contribution in [0.15, 0.2) is 35.2 Å². The van der Waals surface area contributed by atoms with E-state index in [1.54, 1.807) is 27.8 Å². The Morgan fingerprint density at radius 2 is 1.81 bits per heavy atom. The zero-order chi connectivity index (χ0) is 18.7. The average molecular weight is 418 g/mol. The number of halogens is 1. The average Bonchev–Trinajstić information content (AvgIpc) is 3.06. The van der Waals surface area contributed by atoms with Crippen LogP contribution in [-0.4, -0.2) is 53.1 Å². The molecule has 0 aliphatic carbocycles. The molecule has 0 spiro atoms. The Morgan fingerprint density at radius 1 is 1.12 bits per heavy atom. The lowest BCUT2D eigenvalue weighted by molar-refractivity contribution is -0.917. The van der Waals surface area contributed by atoms with Gasteiger partial charge in [0.1, 0.15) is 6.54 Å². The number of hydrogen-bond acceptors (Lipinski definition) is 5. The fourth-order valence-electron chi connectivity index (χ4n) is 3.04. The van der Waals surface area contributed by atoms with Crippen molar-refractivity contribution >= 4 is 33.0 Å². The number of hydrogen-bond donors (Lipinski definition) is 1. The van der Waals surface area contributed by atoms with Crippen LogP contribution in [0, 0.1) is 0 Å².